The Morgan fingerprint density at radius 1 is 1.45 bits per heavy atom. The lowest BCUT2D eigenvalue weighted by atomic mass is 9.99. The van der Waals surface area contributed by atoms with Crippen LogP contribution in [0.4, 0.5) is 0 Å². The molecular formula is C13H16N4O3. The Kier molecular flexibility index (Phi) is 3.97. The van der Waals surface area contributed by atoms with Crippen molar-refractivity contribution in [2.45, 2.75) is 26.3 Å². The predicted molar refractivity (Wildman–Crippen MR) is 71.3 cm³/mol. The molecule has 0 saturated carbocycles. The van der Waals surface area contributed by atoms with Crippen LogP contribution in [0.15, 0.2) is 24.8 Å². The van der Waals surface area contributed by atoms with E-state index in [9.17, 15) is 14.7 Å². The Hall–Kier alpha value is -2.44. The SMILES string of the molecule is CCC(C)C(NC(=O)c1cnn2ccncc12)C(=O)O. The van der Waals surface area contributed by atoms with Crippen LogP contribution in [-0.4, -0.2) is 37.6 Å². The molecule has 0 fully saturated rings. The van der Waals surface area contributed by atoms with Crippen LogP contribution < -0.4 is 5.32 Å². The first-order chi connectivity index (χ1) is 9.54. The lowest BCUT2D eigenvalue weighted by Crippen LogP contribution is -2.45. The maximum Gasteiger partial charge on any atom is 0.326 e. The van der Waals surface area contributed by atoms with Crippen molar-refractivity contribution in [3.63, 3.8) is 0 Å². The minimum absolute atomic E-state index is 0.156. The van der Waals surface area contributed by atoms with Crippen LogP contribution in [0.2, 0.25) is 0 Å². The zero-order valence-electron chi connectivity index (χ0n) is 11.3. The van der Waals surface area contributed by atoms with Gasteiger partial charge in [0.25, 0.3) is 5.91 Å². The molecule has 0 saturated heterocycles. The van der Waals surface area contributed by atoms with E-state index in [2.05, 4.69) is 15.4 Å². The standard InChI is InChI=1S/C13H16N4O3/c1-3-8(2)11(13(19)20)16-12(18)9-6-15-17-5-4-14-7-10(9)17/h4-8,11H,3H2,1-2H3,(H,16,18)(H,19,20). The number of amides is 1. The highest BCUT2D eigenvalue weighted by Gasteiger charge is 2.26. The van der Waals surface area contributed by atoms with Gasteiger partial charge in [0.15, 0.2) is 0 Å². The zero-order chi connectivity index (χ0) is 14.7. The quantitative estimate of drug-likeness (QED) is 0.847. The van der Waals surface area contributed by atoms with E-state index < -0.39 is 17.9 Å². The molecule has 1 amide bonds. The van der Waals surface area contributed by atoms with Gasteiger partial charge in [0.1, 0.15) is 6.04 Å². The average molecular weight is 276 g/mol. The van der Waals surface area contributed by atoms with Gasteiger partial charge < -0.3 is 10.4 Å². The summed E-state index contributed by atoms with van der Waals surface area (Å²) in [5.41, 5.74) is 0.853. The summed E-state index contributed by atoms with van der Waals surface area (Å²) in [4.78, 5) is 27.4. The molecule has 2 heterocycles. The maximum absolute atomic E-state index is 12.2. The van der Waals surface area contributed by atoms with Crippen molar-refractivity contribution in [3.8, 4) is 0 Å². The lowest BCUT2D eigenvalue weighted by Gasteiger charge is -2.19. The summed E-state index contributed by atoms with van der Waals surface area (Å²) in [5, 5.41) is 15.8. The van der Waals surface area contributed by atoms with Crippen LogP contribution in [0.5, 0.6) is 0 Å². The van der Waals surface area contributed by atoms with Gasteiger partial charge in [-0.1, -0.05) is 20.3 Å². The molecule has 0 aromatic carbocycles. The van der Waals surface area contributed by atoms with E-state index in [1.807, 2.05) is 6.92 Å². The Labute approximate surface area is 115 Å². The molecule has 7 heteroatoms. The number of hydrogen-bond donors (Lipinski definition) is 2. The van der Waals surface area contributed by atoms with Crippen molar-refractivity contribution in [2.75, 3.05) is 0 Å². The third-order valence-electron chi connectivity index (χ3n) is 3.34. The van der Waals surface area contributed by atoms with Crippen LogP contribution in [-0.2, 0) is 4.79 Å². The molecule has 0 aliphatic heterocycles. The normalized spacial score (nSPS) is 13.9. The Morgan fingerprint density at radius 2 is 2.20 bits per heavy atom. The van der Waals surface area contributed by atoms with Crippen LogP contribution in [0.1, 0.15) is 30.6 Å². The van der Waals surface area contributed by atoms with E-state index in [4.69, 9.17) is 0 Å². The van der Waals surface area contributed by atoms with Crippen LogP contribution in [0, 0.1) is 5.92 Å². The number of aliphatic carboxylic acids is 1. The number of carbonyl (C=O) groups is 2. The molecule has 2 unspecified atom stereocenters. The Balaban J connectivity index is 2.25. The molecule has 2 rings (SSSR count). The summed E-state index contributed by atoms with van der Waals surface area (Å²) in [6.45, 7) is 3.67. The van der Waals surface area contributed by atoms with Crippen molar-refractivity contribution in [2.24, 2.45) is 5.92 Å². The number of hydrogen-bond acceptors (Lipinski definition) is 4. The van der Waals surface area contributed by atoms with E-state index in [-0.39, 0.29) is 5.92 Å². The summed E-state index contributed by atoms with van der Waals surface area (Å²) in [5.74, 6) is -1.65. The van der Waals surface area contributed by atoms with E-state index in [1.165, 1.54) is 16.9 Å². The summed E-state index contributed by atoms with van der Waals surface area (Å²) >= 11 is 0. The van der Waals surface area contributed by atoms with Gasteiger partial charge in [-0.25, -0.2) is 9.31 Å². The molecule has 0 bridgehead atoms. The van der Waals surface area contributed by atoms with Gasteiger partial charge in [-0.2, -0.15) is 5.10 Å². The monoisotopic (exact) mass is 276 g/mol. The van der Waals surface area contributed by atoms with Crippen molar-refractivity contribution < 1.29 is 14.7 Å². The fourth-order valence-electron chi connectivity index (χ4n) is 1.91. The van der Waals surface area contributed by atoms with E-state index in [1.54, 1.807) is 19.3 Å². The second kappa shape index (κ2) is 5.68. The number of nitrogens with one attached hydrogen (secondary N) is 1. The number of carboxylic acids is 1. The van der Waals surface area contributed by atoms with Crippen molar-refractivity contribution in [1.29, 1.82) is 0 Å². The molecule has 2 atom stereocenters. The van der Waals surface area contributed by atoms with Crippen LogP contribution >= 0.6 is 0 Å². The first kappa shape index (κ1) is 14.0. The molecule has 2 aromatic rings. The number of fused-ring (bicyclic) bond motifs is 1. The van der Waals surface area contributed by atoms with Gasteiger partial charge >= 0.3 is 5.97 Å². The predicted octanol–water partition coefficient (Wildman–Crippen LogP) is 0.958. The third-order valence-corrected chi connectivity index (χ3v) is 3.34. The summed E-state index contributed by atoms with van der Waals surface area (Å²) in [7, 11) is 0. The van der Waals surface area contributed by atoms with Gasteiger partial charge in [0.05, 0.1) is 23.5 Å². The minimum atomic E-state index is -1.04. The number of nitrogens with zero attached hydrogens (tertiary/aromatic N) is 3. The molecule has 0 aliphatic carbocycles. The number of carbonyl (C=O) groups excluding carboxylic acids is 1. The number of aromatic nitrogens is 3. The van der Waals surface area contributed by atoms with Crippen molar-refractivity contribution >= 4 is 17.4 Å². The molecule has 7 nitrogen and oxygen atoms in total. The zero-order valence-corrected chi connectivity index (χ0v) is 11.3. The summed E-state index contributed by atoms with van der Waals surface area (Å²) in [6.07, 6.45) is 6.76. The second-order valence-corrected chi connectivity index (χ2v) is 4.64. The largest absolute Gasteiger partial charge is 0.480 e. The van der Waals surface area contributed by atoms with Gasteiger partial charge in [-0.3, -0.25) is 9.78 Å². The topological polar surface area (TPSA) is 96.6 Å². The highest BCUT2D eigenvalue weighted by Crippen LogP contribution is 2.12. The van der Waals surface area contributed by atoms with Gasteiger partial charge in [-0.15, -0.1) is 0 Å². The van der Waals surface area contributed by atoms with Gasteiger partial charge in [0, 0.05) is 12.4 Å². The first-order valence-electron chi connectivity index (χ1n) is 6.35. The van der Waals surface area contributed by atoms with E-state index in [0.717, 1.165) is 0 Å². The van der Waals surface area contributed by atoms with Crippen LogP contribution in [0.25, 0.3) is 5.52 Å². The molecule has 2 aromatic heterocycles. The molecule has 106 valence electrons. The smallest absolute Gasteiger partial charge is 0.326 e. The molecule has 0 spiro atoms. The maximum atomic E-state index is 12.2. The second-order valence-electron chi connectivity index (χ2n) is 4.64. The molecule has 0 radical (unpaired) electrons. The van der Waals surface area contributed by atoms with Crippen molar-refractivity contribution in [1.82, 2.24) is 19.9 Å². The van der Waals surface area contributed by atoms with E-state index >= 15 is 0 Å². The van der Waals surface area contributed by atoms with Crippen LogP contribution in [0.3, 0.4) is 0 Å². The van der Waals surface area contributed by atoms with E-state index in [0.29, 0.717) is 17.5 Å². The Bertz CT molecular complexity index is 637. The molecule has 20 heavy (non-hydrogen) atoms. The highest BCUT2D eigenvalue weighted by atomic mass is 16.4. The van der Waals surface area contributed by atoms with Gasteiger partial charge in [0.2, 0.25) is 0 Å². The highest BCUT2D eigenvalue weighted by molar-refractivity contribution is 6.02. The molecular weight excluding hydrogens is 260 g/mol. The number of carboxylic acid groups (broad SMARTS) is 1. The van der Waals surface area contributed by atoms with Gasteiger partial charge in [-0.05, 0) is 5.92 Å². The minimum Gasteiger partial charge on any atom is -0.480 e. The summed E-state index contributed by atoms with van der Waals surface area (Å²) in [6, 6.07) is -0.917. The third kappa shape index (κ3) is 2.61. The Morgan fingerprint density at radius 3 is 2.85 bits per heavy atom. The molecule has 2 N–H and O–H groups in total. The first-order valence-corrected chi connectivity index (χ1v) is 6.35. The fourth-order valence-corrected chi connectivity index (χ4v) is 1.91. The molecule has 0 aliphatic rings. The van der Waals surface area contributed by atoms with Crippen molar-refractivity contribution in [3.05, 3.63) is 30.4 Å². The fraction of sp³-hybridized carbons (Fsp3) is 0.385. The number of rotatable bonds is 5. The lowest BCUT2D eigenvalue weighted by molar-refractivity contribution is -0.140. The summed E-state index contributed by atoms with van der Waals surface area (Å²) < 4.78 is 1.51. The average Bonchev–Trinajstić information content (AvgIpc) is 2.87.